The van der Waals surface area contributed by atoms with Crippen LogP contribution in [0.15, 0.2) is 0 Å². The molecule has 5 nitrogen and oxygen atoms in total. The molecule has 0 bridgehead atoms. The van der Waals surface area contributed by atoms with Crippen LogP contribution < -0.4 is 5.32 Å². The Kier molecular flexibility index (Phi) is 4.34. The molecule has 2 heterocycles. The lowest BCUT2D eigenvalue weighted by atomic mass is 9.93. The highest BCUT2D eigenvalue weighted by Crippen LogP contribution is 2.32. The highest BCUT2D eigenvalue weighted by Gasteiger charge is 2.40. The van der Waals surface area contributed by atoms with Gasteiger partial charge in [0, 0.05) is 32.2 Å². The maximum Gasteiger partial charge on any atom is 0.281 e. The molecule has 0 aromatic heterocycles. The van der Waals surface area contributed by atoms with E-state index in [4.69, 9.17) is 0 Å². The molecule has 0 spiro atoms. The summed E-state index contributed by atoms with van der Waals surface area (Å²) in [5.41, 5.74) is 0.125. The Bertz CT molecular complexity index is 465. The number of hydrogen-bond donors (Lipinski definition) is 1. The minimum Gasteiger partial charge on any atom is -0.314 e. The highest BCUT2D eigenvalue weighted by atomic mass is 32.2. The van der Waals surface area contributed by atoms with Crippen molar-refractivity contribution < 1.29 is 8.42 Å². The molecule has 0 aromatic rings. The van der Waals surface area contributed by atoms with Crippen LogP contribution in [-0.2, 0) is 10.2 Å². The first-order valence-corrected chi connectivity index (χ1v) is 9.75. The first-order chi connectivity index (χ1) is 9.87. The van der Waals surface area contributed by atoms with Crippen molar-refractivity contribution in [1.29, 1.82) is 0 Å². The quantitative estimate of drug-likeness (QED) is 0.835. The van der Waals surface area contributed by atoms with Crippen molar-refractivity contribution in [2.45, 2.75) is 52.0 Å². The summed E-state index contributed by atoms with van der Waals surface area (Å²) in [6.45, 7) is 8.09. The molecule has 1 saturated carbocycles. The second-order valence-electron chi connectivity index (χ2n) is 7.78. The van der Waals surface area contributed by atoms with Gasteiger partial charge in [0.1, 0.15) is 0 Å². The number of nitrogens with zero attached hydrogens (tertiary/aromatic N) is 2. The van der Waals surface area contributed by atoms with Crippen LogP contribution in [0.25, 0.3) is 0 Å². The Balaban J connectivity index is 1.50. The number of rotatable bonds is 5. The lowest BCUT2D eigenvalue weighted by molar-refractivity contribution is 0.250. The van der Waals surface area contributed by atoms with Crippen molar-refractivity contribution in [3.8, 4) is 0 Å². The summed E-state index contributed by atoms with van der Waals surface area (Å²) in [6.07, 6.45) is 5.59. The Morgan fingerprint density at radius 1 is 1.05 bits per heavy atom. The molecule has 1 N–H and O–H groups in total. The summed E-state index contributed by atoms with van der Waals surface area (Å²) in [4.78, 5) is 0. The molecular weight excluding hydrogens is 286 g/mol. The molecule has 0 radical (unpaired) electrons. The van der Waals surface area contributed by atoms with Gasteiger partial charge in [0.25, 0.3) is 10.2 Å². The van der Waals surface area contributed by atoms with Gasteiger partial charge in [-0.1, -0.05) is 13.8 Å². The fraction of sp³-hybridized carbons (Fsp3) is 1.00. The second kappa shape index (κ2) is 5.80. The van der Waals surface area contributed by atoms with Gasteiger partial charge in [-0.05, 0) is 50.0 Å². The molecule has 1 aliphatic carbocycles. The van der Waals surface area contributed by atoms with Gasteiger partial charge < -0.3 is 5.32 Å². The van der Waals surface area contributed by atoms with Crippen LogP contribution in [0, 0.1) is 11.3 Å². The van der Waals surface area contributed by atoms with Gasteiger partial charge in [-0.25, -0.2) is 0 Å². The minimum absolute atomic E-state index is 0.125. The maximum atomic E-state index is 12.7. The second-order valence-corrected chi connectivity index (χ2v) is 9.71. The zero-order chi connectivity index (χ0) is 15.1. The molecule has 0 amide bonds. The fourth-order valence-corrected chi connectivity index (χ4v) is 5.22. The molecule has 3 fully saturated rings. The van der Waals surface area contributed by atoms with Gasteiger partial charge >= 0.3 is 0 Å². The van der Waals surface area contributed by atoms with Gasteiger partial charge in [0.2, 0.25) is 0 Å². The first-order valence-electron chi connectivity index (χ1n) is 8.35. The highest BCUT2D eigenvalue weighted by molar-refractivity contribution is 7.86. The zero-order valence-corrected chi connectivity index (χ0v) is 14.2. The molecule has 0 aromatic carbocycles. The lowest BCUT2D eigenvalue weighted by Crippen LogP contribution is -2.47. The van der Waals surface area contributed by atoms with Gasteiger partial charge in [-0.15, -0.1) is 0 Å². The molecular formula is C15H29N3O2S. The Morgan fingerprint density at radius 3 is 2.24 bits per heavy atom. The Labute approximate surface area is 129 Å². The third-order valence-electron chi connectivity index (χ3n) is 5.14. The van der Waals surface area contributed by atoms with Crippen LogP contribution in [0.3, 0.4) is 0 Å². The maximum absolute atomic E-state index is 12.7. The van der Waals surface area contributed by atoms with Crippen LogP contribution in [0.1, 0.15) is 46.0 Å². The summed E-state index contributed by atoms with van der Waals surface area (Å²) in [5.74, 6) is 0.645. The topological polar surface area (TPSA) is 52.7 Å². The zero-order valence-electron chi connectivity index (χ0n) is 13.3. The average molecular weight is 315 g/mol. The van der Waals surface area contributed by atoms with E-state index >= 15 is 0 Å². The summed E-state index contributed by atoms with van der Waals surface area (Å²) in [6, 6.07) is 0.749. The molecule has 0 unspecified atom stereocenters. The smallest absolute Gasteiger partial charge is 0.281 e. The van der Waals surface area contributed by atoms with Gasteiger partial charge in [0.05, 0.1) is 0 Å². The van der Waals surface area contributed by atoms with Crippen LogP contribution in [0.2, 0.25) is 0 Å². The van der Waals surface area contributed by atoms with E-state index in [2.05, 4.69) is 19.2 Å². The molecule has 3 rings (SSSR count). The number of nitrogens with one attached hydrogen (secondary N) is 1. The molecule has 21 heavy (non-hydrogen) atoms. The van der Waals surface area contributed by atoms with Crippen molar-refractivity contribution in [3.63, 3.8) is 0 Å². The van der Waals surface area contributed by atoms with Gasteiger partial charge in [-0.2, -0.15) is 17.0 Å². The predicted molar refractivity (Wildman–Crippen MR) is 84.2 cm³/mol. The van der Waals surface area contributed by atoms with Crippen LogP contribution in [-0.4, -0.2) is 55.8 Å². The molecule has 3 aliphatic rings. The van der Waals surface area contributed by atoms with Crippen molar-refractivity contribution in [1.82, 2.24) is 13.9 Å². The van der Waals surface area contributed by atoms with E-state index in [0.717, 1.165) is 31.8 Å². The van der Waals surface area contributed by atoms with Crippen molar-refractivity contribution in [3.05, 3.63) is 0 Å². The Hall–Kier alpha value is -0.170. The van der Waals surface area contributed by atoms with Crippen LogP contribution >= 0.6 is 0 Å². The summed E-state index contributed by atoms with van der Waals surface area (Å²) in [5, 5.41) is 3.57. The molecule has 0 atom stereocenters. The third-order valence-corrected chi connectivity index (χ3v) is 7.12. The van der Waals surface area contributed by atoms with Gasteiger partial charge in [0.15, 0.2) is 0 Å². The van der Waals surface area contributed by atoms with Crippen LogP contribution in [0.4, 0.5) is 0 Å². The predicted octanol–water partition coefficient (Wildman–Crippen LogP) is 1.43. The summed E-state index contributed by atoms with van der Waals surface area (Å²) >= 11 is 0. The summed E-state index contributed by atoms with van der Waals surface area (Å²) < 4.78 is 28.8. The first kappa shape index (κ1) is 15.7. The van der Waals surface area contributed by atoms with Gasteiger partial charge in [-0.3, -0.25) is 0 Å². The number of piperidine rings is 1. The third kappa shape index (κ3) is 3.78. The average Bonchev–Trinajstić information content (AvgIpc) is 3.19. The van der Waals surface area contributed by atoms with Crippen molar-refractivity contribution >= 4 is 10.2 Å². The van der Waals surface area contributed by atoms with Crippen molar-refractivity contribution in [2.24, 2.45) is 11.3 Å². The molecule has 2 aliphatic heterocycles. The molecule has 2 saturated heterocycles. The fourth-order valence-electron chi connectivity index (χ4n) is 3.39. The monoisotopic (exact) mass is 315 g/mol. The van der Waals surface area contributed by atoms with E-state index in [-0.39, 0.29) is 5.41 Å². The standard InChI is InChI=1S/C15H29N3O2S/c1-15(2)7-10-18(12-15)21(19,20)17-8-5-13(6-9-17)11-16-14-3-4-14/h13-14,16H,3-12H2,1-2H3. The van der Waals surface area contributed by atoms with Crippen LogP contribution in [0.5, 0.6) is 0 Å². The van der Waals surface area contributed by atoms with E-state index < -0.39 is 10.2 Å². The molecule has 6 heteroatoms. The van der Waals surface area contributed by atoms with E-state index in [9.17, 15) is 8.42 Å². The van der Waals surface area contributed by atoms with E-state index in [1.54, 1.807) is 8.61 Å². The number of hydrogen-bond acceptors (Lipinski definition) is 3. The van der Waals surface area contributed by atoms with E-state index in [1.165, 1.54) is 12.8 Å². The normalized spacial score (nSPS) is 29.0. The largest absolute Gasteiger partial charge is 0.314 e. The minimum atomic E-state index is -3.23. The SMILES string of the molecule is CC1(C)CCN(S(=O)(=O)N2CCC(CNC3CC3)CC2)C1. The van der Waals surface area contributed by atoms with E-state index in [0.29, 0.717) is 32.1 Å². The molecule has 122 valence electrons. The van der Waals surface area contributed by atoms with Crippen molar-refractivity contribution in [2.75, 3.05) is 32.7 Å². The summed E-state index contributed by atoms with van der Waals surface area (Å²) in [7, 11) is -3.23. The lowest BCUT2D eigenvalue weighted by Gasteiger charge is -2.34. The Morgan fingerprint density at radius 2 is 1.71 bits per heavy atom. The van der Waals surface area contributed by atoms with E-state index in [1.807, 2.05) is 0 Å².